The fourth-order valence-corrected chi connectivity index (χ4v) is 2.02. The third kappa shape index (κ3) is 2.55. The molecule has 0 aliphatic carbocycles. The molecular weight excluding hydrogens is 186 g/mol. The van der Waals surface area contributed by atoms with Crippen LogP contribution in [-0.2, 0) is 19.4 Å². The maximum Gasteiger partial charge on any atom is 0.0461 e. The Morgan fingerprint density at radius 1 is 1.53 bits per heavy atom. The van der Waals surface area contributed by atoms with Crippen molar-refractivity contribution in [2.45, 2.75) is 19.4 Å². The van der Waals surface area contributed by atoms with Crippen LogP contribution in [0.2, 0.25) is 0 Å². The zero-order chi connectivity index (χ0) is 10.7. The summed E-state index contributed by atoms with van der Waals surface area (Å²) >= 11 is 0. The molecule has 0 amide bonds. The van der Waals surface area contributed by atoms with Crippen LogP contribution in [-0.4, -0.2) is 37.1 Å². The molecule has 0 radical (unpaired) electrons. The van der Waals surface area contributed by atoms with Crippen molar-refractivity contribution in [3.8, 4) is 0 Å². The van der Waals surface area contributed by atoms with Gasteiger partial charge in [0, 0.05) is 31.4 Å². The average molecular weight is 205 g/mol. The molecule has 0 unspecified atom stereocenters. The van der Waals surface area contributed by atoms with Crippen LogP contribution < -0.4 is 5.32 Å². The summed E-state index contributed by atoms with van der Waals surface area (Å²) in [4.78, 5) is 6.91. The van der Waals surface area contributed by atoms with E-state index in [1.165, 1.54) is 16.8 Å². The summed E-state index contributed by atoms with van der Waals surface area (Å²) in [6, 6.07) is 2.31. The minimum Gasteiger partial charge on any atom is -0.319 e. The molecule has 0 saturated heterocycles. The lowest BCUT2D eigenvalue weighted by atomic mass is 10.0. The van der Waals surface area contributed by atoms with E-state index in [4.69, 9.17) is 0 Å². The summed E-state index contributed by atoms with van der Waals surface area (Å²) in [7, 11) is 4.16. The van der Waals surface area contributed by atoms with Crippen molar-refractivity contribution in [1.82, 2.24) is 15.2 Å². The van der Waals surface area contributed by atoms with Crippen molar-refractivity contribution in [3.63, 3.8) is 0 Å². The zero-order valence-electron chi connectivity index (χ0n) is 9.58. The summed E-state index contributed by atoms with van der Waals surface area (Å²) in [5, 5.41) is 3.17. The molecule has 0 aromatic carbocycles. The van der Waals surface area contributed by atoms with Gasteiger partial charge < -0.3 is 10.2 Å². The van der Waals surface area contributed by atoms with Crippen molar-refractivity contribution in [3.05, 3.63) is 29.1 Å². The number of rotatable bonds is 3. The highest BCUT2D eigenvalue weighted by Gasteiger charge is 2.14. The first-order valence-electron chi connectivity index (χ1n) is 5.59. The molecule has 0 spiro atoms. The Kier molecular flexibility index (Phi) is 3.34. The van der Waals surface area contributed by atoms with E-state index in [2.05, 4.69) is 28.3 Å². The van der Waals surface area contributed by atoms with E-state index in [0.717, 1.165) is 32.5 Å². The number of hydrogen-bond acceptors (Lipinski definition) is 3. The first-order chi connectivity index (χ1) is 7.29. The topological polar surface area (TPSA) is 28.2 Å². The van der Waals surface area contributed by atoms with E-state index in [1.54, 1.807) is 0 Å². The summed E-state index contributed by atoms with van der Waals surface area (Å²) in [5.74, 6) is 0. The smallest absolute Gasteiger partial charge is 0.0461 e. The maximum absolute atomic E-state index is 4.55. The van der Waals surface area contributed by atoms with Gasteiger partial charge in [0.25, 0.3) is 0 Å². The Labute approximate surface area is 91.5 Å². The molecule has 1 N–H and O–H groups in total. The monoisotopic (exact) mass is 205 g/mol. The minimum absolute atomic E-state index is 1.02. The Balaban J connectivity index is 2.13. The average Bonchev–Trinajstić information content (AvgIpc) is 2.25. The van der Waals surface area contributed by atoms with Crippen LogP contribution in [0.15, 0.2) is 12.3 Å². The van der Waals surface area contributed by atoms with Crippen LogP contribution in [0.4, 0.5) is 0 Å². The number of aromatic nitrogens is 1. The normalized spacial score (nSPS) is 16.4. The molecule has 1 aromatic heterocycles. The summed E-state index contributed by atoms with van der Waals surface area (Å²) < 4.78 is 0. The standard InChI is InChI=1S/C12H19N3/c1-13-5-3-10-7-11-9-15(2)6-4-12(11)14-8-10/h7-8,13H,3-6,9H2,1-2H3. The first-order valence-corrected chi connectivity index (χ1v) is 5.59. The number of hydrogen-bond donors (Lipinski definition) is 1. The highest BCUT2D eigenvalue weighted by Crippen LogP contribution is 2.16. The highest BCUT2D eigenvalue weighted by atomic mass is 15.1. The molecule has 1 aliphatic heterocycles. The minimum atomic E-state index is 1.02. The van der Waals surface area contributed by atoms with Crippen LogP contribution in [0.3, 0.4) is 0 Å². The van der Waals surface area contributed by atoms with Crippen LogP contribution in [0, 0.1) is 0 Å². The van der Waals surface area contributed by atoms with Crippen molar-refractivity contribution in [2.24, 2.45) is 0 Å². The molecule has 15 heavy (non-hydrogen) atoms. The highest BCUT2D eigenvalue weighted by molar-refractivity contribution is 5.27. The van der Waals surface area contributed by atoms with E-state index in [0.29, 0.717) is 0 Å². The fraction of sp³-hybridized carbons (Fsp3) is 0.583. The second-order valence-corrected chi connectivity index (χ2v) is 4.29. The van der Waals surface area contributed by atoms with Gasteiger partial charge >= 0.3 is 0 Å². The van der Waals surface area contributed by atoms with Crippen LogP contribution in [0.25, 0.3) is 0 Å². The van der Waals surface area contributed by atoms with Gasteiger partial charge in [-0.05, 0) is 38.2 Å². The van der Waals surface area contributed by atoms with E-state index < -0.39 is 0 Å². The molecule has 1 aromatic rings. The van der Waals surface area contributed by atoms with Gasteiger partial charge in [0.05, 0.1) is 0 Å². The van der Waals surface area contributed by atoms with E-state index in [9.17, 15) is 0 Å². The quantitative estimate of drug-likeness (QED) is 0.792. The van der Waals surface area contributed by atoms with Crippen molar-refractivity contribution >= 4 is 0 Å². The number of fused-ring (bicyclic) bond motifs is 1. The number of pyridine rings is 1. The van der Waals surface area contributed by atoms with Gasteiger partial charge in [-0.3, -0.25) is 4.98 Å². The molecule has 0 saturated carbocycles. The van der Waals surface area contributed by atoms with Crippen LogP contribution in [0.5, 0.6) is 0 Å². The van der Waals surface area contributed by atoms with Crippen molar-refractivity contribution < 1.29 is 0 Å². The SMILES string of the molecule is CNCCc1cnc2c(c1)CN(C)CC2. The van der Waals surface area contributed by atoms with E-state index in [-0.39, 0.29) is 0 Å². The predicted octanol–water partition coefficient (Wildman–Crippen LogP) is 0.831. The van der Waals surface area contributed by atoms with Crippen molar-refractivity contribution in [1.29, 1.82) is 0 Å². The molecule has 0 fully saturated rings. The maximum atomic E-state index is 4.55. The van der Waals surface area contributed by atoms with Gasteiger partial charge in [0.2, 0.25) is 0 Å². The molecule has 2 rings (SSSR count). The molecule has 82 valence electrons. The Morgan fingerprint density at radius 2 is 2.40 bits per heavy atom. The molecule has 3 heteroatoms. The van der Waals surface area contributed by atoms with E-state index >= 15 is 0 Å². The van der Waals surface area contributed by atoms with Gasteiger partial charge in [0.1, 0.15) is 0 Å². The number of nitrogens with zero attached hydrogens (tertiary/aromatic N) is 2. The van der Waals surface area contributed by atoms with Gasteiger partial charge in [-0.15, -0.1) is 0 Å². The Morgan fingerprint density at radius 3 is 3.20 bits per heavy atom. The summed E-state index contributed by atoms with van der Waals surface area (Å²) in [5.41, 5.74) is 4.05. The lowest BCUT2D eigenvalue weighted by Crippen LogP contribution is -2.27. The third-order valence-electron chi connectivity index (χ3n) is 2.95. The van der Waals surface area contributed by atoms with Gasteiger partial charge in [0.15, 0.2) is 0 Å². The molecule has 0 atom stereocenters. The summed E-state index contributed by atoms with van der Waals surface area (Å²) in [6.07, 6.45) is 4.19. The number of likely N-dealkylation sites (N-methyl/N-ethyl adjacent to an activating group) is 2. The first kappa shape index (κ1) is 10.6. The van der Waals surface area contributed by atoms with E-state index in [1.807, 2.05) is 13.2 Å². The number of nitrogens with one attached hydrogen (secondary N) is 1. The molecular formula is C12H19N3. The largest absolute Gasteiger partial charge is 0.319 e. The van der Waals surface area contributed by atoms with Crippen LogP contribution in [0.1, 0.15) is 16.8 Å². The lowest BCUT2D eigenvalue weighted by Gasteiger charge is -2.24. The Bertz CT molecular complexity index is 336. The fourth-order valence-electron chi connectivity index (χ4n) is 2.02. The molecule has 3 nitrogen and oxygen atoms in total. The molecule has 0 bridgehead atoms. The van der Waals surface area contributed by atoms with Crippen molar-refractivity contribution in [2.75, 3.05) is 27.2 Å². The summed E-state index contributed by atoms with van der Waals surface area (Å²) in [6.45, 7) is 3.21. The van der Waals surface area contributed by atoms with Gasteiger partial charge in [-0.2, -0.15) is 0 Å². The van der Waals surface area contributed by atoms with Gasteiger partial charge in [-0.1, -0.05) is 6.07 Å². The Hall–Kier alpha value is -0.930. The lowest BCUT2D eigenvalue weighted by molar-refractivity contribution is 0.309. The zero-order valence-corrected chi connectivity index (χ0v) is 9.58. The molecule has 2 heterocycles. The second-order valence-electron chi connectivity index (χ2n) is 4.29. The predicted molar refractivity (Wildman–Crippen MR) is 61.9 cm³/mol. The molecule has 1 aliphatic rings. The van der Waals surface area contributed by atoms with Gasteiger partial charge in [-0.25, -0.2) is 0 Å². The van der Waals surface area contributed by atoms with Crippen LogP contribution >= 0.6 is 0 Å². The second kappa shape index (κ2) is 4.73. The third-order valence-corrected chi connectivity index (χ3v) is 2.95.